The Balaban J connectivity index is 4.29. The summed E-state index contributed by atoms with van der Waals surface area (Å²) in [7, 11) is -2.35. The van der Waals surface area contributed by atoms with Gasteiger partial charge in [0.15, 0.2) is 5.75 Å². The number of nitrogens with zero attached hydrogens (tertiary/aromatic N) is 2. The van der Waals surface area contributed by atoms with E-state index in [0.717, 1.165) is 4.31 Å². The average molecular weight is 219 g/mol. The number of nitrogens with one attached hydrogen (secondary N) is 1. The van der Waals surface area contributed by atoms with Crippen molar-refractivity contribution < 1.29 is 13.2 Å². The molecular weight excluding hydrogens is 206 g/mol. The van der Waals surface area contributed by atoms with Crippen LogP contribution in [0.25, 0.3) is 0 Å². The van der Waals surface area contributed by atoms with Crippen molar-refractivity contribution in [2.75, 3.05) is 25.9 Å². The summed E-state index contributed by atoms with van der Waals surface area (Å²) >= 11 is 0. The van der Waals surface area contributed by atoms with Crippen molar-refractivity contribution in [3.63, 3.8) is 0 Å². The summed E-state index contributed by atoms with van der Waals surface area (Å²) < 4.78 is 23.2. The van der Waals surface area contributed by atoms with Gasteiger partial charge in [-0.25, -0.2) is 8.42 Å². The van der Waals surface area contributed by atoms with Gasteiger partial charge in [0, 0.05) is 13.6 Å². The molecule has 1 amide bonds. The van der Waals surface area contributed by atoms with Crippen molar-refractivity contribution >= 4 is 15.9 Å². The van der Waals surface area contributed by atoms with Crippen LogP contribution in [0.15, 0.2) is 0 Å². The molecule has 0 radical (unpaired) electrons. The maximum atomic E-state index is 11.2. The van der Waals surface area contributed by atoms with Crippen molar-refractivity contribution in [1.29, 1.82) is 5.26 Å². The van der Waals surface area contributed by atoms with E-state index in [-0.39, 0.29) is 12.5 Å². The molecule has 0 unspecified atom stereocenters. The molecule has 0 rings (SSSR count). The first-order valence-corrected chi connectivity index (χ1v) is 5.62. The van der Waals surface area contributed by atoms with Crippen LogP contribution in [-0.2, 0) is 14.8 Å². The molecule has 0 saturated carbocycles. The molecule has 0 atom stereocenters. The van der Waals surface area contributed by atoms with Gasteiger partial charge in [0.05, 0.1) is 12.6 Å². The summed E-state index contributed by atoms with van der Waals surface area (Å²) in [6.45, 7) is 1.94. The number of carbonyl (C=O) groups excluding carboxylic acids is 1. The largest absolute Gasteiger partial charge is 0.355 e. The normalized spacial score (nSPS) is 11.0. The molecule has 80 valence electrons. The van der Waals surface area contributed by atoms with Gasteiger partial charge in [-0.1, -0.05) is 0 Å². The summed E-state index contributed by atoms with van der Waals surface area (Å²) in [5.74, 6) is -0.986. The van der Waals surface area contributed by atoms with Crippen LogP contribution in [0.1, 0.15) is 6.92 Å². The summed E-state index contributed by atoms with van der Waals surface area (Å²) in [5, 5.41) is 10.7. The second kappa shape index (κ2) is 5.57. The maximum absolute atomic E-state index is 11.2. The summed E-state index contributed by atoms with van der Waals surface area (Å²) in [5.41, 5.74) is 0. The molecule has 0 aromatic rings. The third-order valence-corrected chi connectivity index (χ3v) is 3.03. The van der Waals surface area contributed by atoms with Gasteiger partial charge in [0.25, 0.3) is 0 Å². The molecule has 0 aromatic carbocycles. The molecule has 0 spiro atoms. The first-order valence-electron chi connectivity index (χ1n) is 4.01. The Kier molecular flexibility index (Phi) is 5.12. The van der Waals surface area contributed by atoms with Gasteiger partial charge in [-0.15, -0.1) is 0 Å². The zero-order valence-corrected chi connectivity index (χ0v) is 8.97. The Hall–Kier alpha value is -1.13. The van der Waals surface area contributed by atoms with E-state index in [2.05, 4.69) is 5.32 Å². The molecule has 1 N–H and O–H groups in total. The smallest absolute Gasteiger partial charge is 0.235 e. The lowest BCUT2D eigenvalue weighted by molar-refractivity contribution is -0.121. The van der Waals surface area contributed by atoms with Crippen molar-refractivity contribution in [2.45, 2.75) is 6.92 Å². The Bertz CT molecular complexity index is 331. The van der Waals surface area contributed by atoms with Crippen molar-refractivity contribution in [3.05, 3.63) is 0 Å². The standard InChI is InChI=1S/C7H13N3O3S/c1-3-9-7(11)6-10(2)14(12,13)5-4-8/h3,5-6H2,1-2H3,(H,9,11). The second-order valence-corrected chi connectivity index (χ2v) is 4.70. The van der Waals surface area contributed by atoms with Crippen LogP contribution < -0.4 is 5.32 Å². The van der Waals surface area contributed by atoms with Crippen LogP contribution in [0.5, 0.6) is 0 Å². The van der Waals surface area contributed by atoms with Gasteiger partial charge in [-0.3, -0.25) is 4.79 Å². The lowest BCUT2D eigenvalue weighted by Gasteiger charge is -2.14. The molecule has 14 heavy (non-hydrogen) atoms. The lowest BCUT2D eigenvalue weighted by Crippen LogP contribution is -2.39. The fraction of sp³-hybridized carbons (Fsp3) is 0.714. The van der Waals surface area contributed by atoms with Gasteiger partial charge in [-0.2, -0.15) is 9.57 Å². The first kappa shape index (κ1) is 12.9. The Morgan fingerprint density at radius 1 is 1.57 bits per heavy atom. The van der Waals surface area contributed by atoms with E-state index in [1.807, 2.05) is 0 Å². The number of carbonyl (C=O) groups is 1. The highest BCUT2D eigenvalue weighted by molar-refractivity contribution is 7.89. The monoisotopic (exact) mass is 219 g/mol. The molecular formula is C7H13N3O3S. The Morgan fingerprint density at radius 3 is 2.57 bits per heavy atom. The van der Waals surface area contributed by atoms with E-state index in [1.54, 1.807) is 6.92 Å². The quantitative estimate of drug-likeness (QED) is 0.636. The third kappa shape index (κ3) is 4.20. The number of likely N-dealkylation sites (N-methyl/N-ethyl adjacent to an activating group) is 2. The van der Waals surface area contributed by atoms with E-state index < -0.39 is 15.8 Å². The molecule has 6 nitrogen and oxygen atoms in total. The Labute approximate surface area is 83.6 Å². The second-order valence-electron chi connectivity index (χ2n) is 2.62. The molecule has 0 fully saturated rings. The fourth-order valence-electron chi connectivity index (χ4n) is 0.745. The highest BCUT2D eigenvalue weighted by Crippen LogP contribution is 1.96. The predicted molar refractivity (Wildman–Crippen MR) is 50.7 cm³/mol. The minimum Gasteiger partial charge on any atom is -0.355 e. The third-order valence-electron chi connectivity index (χ3n) is 1.46. The van der Waals surface area contributed by atoms with Gasteiger partial charge in [0.2, 0.25) is 15.9 Å². The number of hydrogen-bond acceptors (Lipinski definition) is 4. The zero-order chi connectivity index (χ0) is 11.2. The van der Waals surface area contributed by atoms with E-state index in [4.69, 9.17) is 5.26 Å². The zero-order valence-electron chi connectivity index (χ0n) is 8.15. The predicted octanol–water partition coefficient (Wildman–Crippen LogP) is -1.09. The number of amides is 1. The fourth-order valence-corrected chi connectivity index (χ4v) is 1.44. The minimum absolute atomic E-state index is 0.252. The van der Waals surface area contributed by atoms with E-state index in [1.165, 1.54) is 13.1 Å². The van der Waals surface area contributed by atoms with Crippen LogP contribution in [0.3, 0.4) is 0 Å². The highest BCUT2D eigenvalue weighted by Gasteiger charge is 2.19. The molecule has 0 aromatic heterocycles. The minimum atomic E-state index is -3.61. The van der Waals surface area contributed by atoms with Crippen LogP contribution in [-0.4, -0.2) is 44.5 Å². The molecule has 0 aliphatic heterocycles. The number of sulfonamides is 1. The van der Waals surface area contributed by atoms with Gasteiger partial charge < -0.3 is 5.32 Å². The van der Waals surface area contributed by atoms with Gasteiger partial charge in [0.1, 0.15) is 0 Å². The highest BCUT2D eigenvalue weighted by atomic mass is 32.2. The lowest BCUT2D eigenvalue weighted by atomic mass is 10.5. The number of nitriles is 1. The Morgan fingerprint density at radius 2 is 2.14 bits per heavy atom. The van der Waals surface area contributed by atoms with Crippen LogP contribution in [0, 0.1) is 11.3 Å². The van der Waals surface area contributed by atoms with E-state index in [0.29, 0.717) is 6.54 Å². The van der Waals surface area contributed by atoms with Crippen LogP contribution >= 0.6 is 0 Å². The van der Waals surface area contributed by atoms with E-state index >= 15 is 0 Å². The van der Waals surface area contributed by atoms with Gasteiger partial charge >= 0.3 is 0 Å². The molecule has 7 heteroatoms. The summed E-state index contributed by atoms with van der Waals surface area (Å²) in [6.07, 6.45) is 0. The molecule has 0 bridgehead atoms. The SMILES string of the molecule is CCNC(=O)CN(C)S(=O)(=O)CC#N. The van der Waals surface area contributed by atoms with E-state index in [9.17, 15) is 13.2 Å². The van der Waals surface area contributed by atoms with Crippen molar-refractivity contribution in [2.24, 2.45) is 0 Å². The molecule has 0 heterocycles. The molecule has 0 saturated heterocycles. The number of rotatable bonds is 5. The van der Waals surface area contributed by atoms with Crippen LogP contribution in [0.4, 0.5) is 0 Å². The first-order chi connectivity index (χ1) is 6.44. The number of hydrogen-bond donors (Lipinski definition) is 1. The summed E-state index contributed by atoms with van der Waals surface area (Å²) in [6, 6.07) is 1.53. The van der Waals surface area contributed by atoms with Crippen molar-refractivity contribution in [3.8, 4) is 6.07 Å². The molecule has 0 aliphatic rings. The maximum Gasteiger partial charge on any atom is 0.235 e. The average Bonchev–Trinajstić information content (AvgIpc) is 2.04. The van der Waals surface area contributed by atoms with Gasteiger partial charge in [-0.05, 0) is 6.92 Å². The molecule has 0 aliphatic carbocycles. The van der Waals surface area contributed by atoms with Crippen LogP contribution in [0.2, 0.25) is 0 Å². The topological polar surface area (TPSA) is 90.3 Å². The van der Waals surface area contributed by atoms with Crippen molar-refractivity contribution in [1.82, 2.24) is 9.62 Å². The summed E-state index contributed by atoms with van der Waals surface area (Å²) in [4.78, 5) is 11.0.